The average molecular weight is 1010 g/mol. The highest BCUT2D eigenvalue weighted by atomic mass is 79.9. The van der Waals surface area contributed by atoms with Crippen molar-refractivity contribution < 1.29 is 19.5 Å². The third kappa shape index (κ3) is 16.8. The van der Waals surface area contributed by atoms with Crippen molar-refractivity contribution in [1.29, 1.82) is 0 Å². The Labute approximate surface area is 370 Å². The van der Waals surface area contributed by atoms with Crippen LogP contribution < -0.4 is 14.9 Å². The van der Waals surface area contributed by atoms with E-state index in [2.05, 4.69) is 110 Å². The molecular formula is C41H44BBr3Cl2N6O4. The van der Waals surface area contributed by atoms with Crippen LogP contribution in [0.25, 0.3) is 11.1 Å². The Balaban J connectivity index is 0.000000273. The molecule has 7 aromatic rings. The first-order chi connectivity index (χ1) is 26.6. The molecule has 0 unspecified atom stereocenters. The topological polar surface area (TPSA) is 120 Å². The van der Waals surface area contributed by atoms with E-state index in [1.807, 2.05) is 48.5 Å². The Morgan fingerprint density at radius 3 is 1.53 bits per heavy atom. The Morgan fingerprint density at radius 2 is 1.09 bits per heavy atom. The standard InChI is InChI=1S/C16H14ClN3O.C9H8BrN3.C7H8BClO3.C7H6Br2.2CH4/c1-21-16-6-5-14(8-15(16)17)13-4-2-3-12(7-13)9-20-11-18-10-19-20;10-9-3-1-2-8(4-9)5-13-7-11-6-12-13;1-12-7-3-2-5(8(10)11)4-6(7)9;8-5-6-2-1-3-7(9)4-6;;/h2-8,10-11H,9H2,1H3;1-4,6-7H,5H2;2-4,10-11H,1H3;1-4H,5H2;2*1H4. The predicted molar refractivity (Wildman–Crippen MR) is 244 cm³/mol. The second kappa shape index (κ2) is 26.1. The maximum absolute atomic E-state index is 8.77. The lowest BCUT2D eigenvalue weighted by Crippen LogP contribution is -2.29. The minimum atomic E-state index is -1.49. The third-order valence-electron chi connectivity index (χ3n) is 7.44. The van der Waals surface area contributed by atoms with Crippen molar-refractivity contribution in [2.45, 2.75) is 33.3 Å². The Kier molecular flexibility index (Phi) is 22.5. The van der Waals surface area contributed by atoms with Crippen LogP contribution in [0, 0.1) is 0 Å². The van der Waals surface area contributed by atoms with Crippen molar-refractivity contribution in [3.05, 3.63) is 170 Å². The van der Waals surface area contributed by atoms with Gasteiger partial charge in [0.05, 0.1) is 37.4 Å². The maximum atomic E-state index is 8.77. The van der Waals surface area contributed by atoms with Gasteiger partial charge in [0.1, 0.15) is 36.8 Å². The van der Waals surface area contributed by atoms with Gasteiger partial charge < -0.3 is 19.5 Å². The summed E-state index contributed by atoms with van der Waals surface area (Å²) in [5.41, 5.74) is 6.17. The van der Waals surface area contributed by atoms with E-state index in [4.69, 9.17) is 42.7 Å². The zero-order chi connectivity index (χ0) is 39.6. The van der Waals surface area contributed by atoms with Crippen LogP contribution in [-0.4, -0.2) is 60.9 Å². The molecule has 0 fully saturated rings. The number of alkyl halides is 1. The van der Waals surface area contributed by atoms with Crippen LogP contribution in [0.1, 0.15) is 31.5 Å². The second-order valence-corrected chi connectivity index (χ2v) is 14.6. The zero-order valence-electron chi connectivity index (χ0n) is 29.7. The summed E-state index contributed by atoms with van der Waals surface area (Å²) in [7, 11) is 1.61. The molecule has 0 amide bonds. The molecule has 0 saturated carbocycles. The fourth-order valence-electron chi connectivity index (χ4n) is 4.80. The minimum Gasteiger partial charge on any atom is -0.495 e. The number of rotatable bonds is 9. The SMILES string of the molecule is BrCc1cccc(Br)c1.Brc1cccc(Cn2cncn2)c1.C.C.COc1ccc(-c2cccc(Cn3cncn3)c2)cc1Cl.COc1ccc(B(O)O)cc1Cl. The van der Waals surface area contributed by atoms with Crippen LogP contribution in [0.4, 0.5) is 0 Å². The second-order valence-electron chi connectivity index (χ2n) is 11.4. The highest BCUT2D eigenvalue weighted by Gasteiger charge is 2.12. The van der Waals surface area contributed by atoms with Gasteiger partial charge in [-0.25, -0.2) is 19.3 Å². The van der Waals surface area contributed by atoms with Gasteiger partial charge in [0, 0.05) is 14.3 Å². The van der Waals surface area contributed by atoms with Gasteiger partial charge >= 0.3 is 7.12 Å². The third-order valence-corrected chi connectivity index (χ3v) is 9.67. The molecule has 0 aliphatic rings. The first-order valence-electron chi connectivity index (χ1n) is 16.4. The highest BCUT2D eigenvalue weighted by Crippen LogP contribution is 2.30. The summed E-state index contributed by atoms with van der Waals surface area (Å²) in [4.78, 5) is 7.83. The number of methoxy groups -OCH3 is 2. The number of benzene rings is 5. The van der Waals surface area contributed by atoms with E-state index >= 15 is 0 Å². The van der Waals surface area contributed by atoms with Crippen molar-refractivity contribution in [1.82, 2.24) is 29.5 Å². The first kappa shape index (κ1) is 49.1. The maximum Gasteiger partial charge on any atom is 0.488 e. The predicted octanol–water partition coefficient (Wildman–Crippen LogP) is 10.4. The molecule has 0 atom stereocenters. The molecule has 0 aliphatic carbocycles. The molecular weight excluding hydrogens is 962 g/mol. The molecule has 10 nitrogen and oxygen atoms in total. The van der Waals surface area contributed by atoms with Gasteiger partial charge in [0.15, 0.2) is 0 Å². The zero-order valence-corrected chi connectivity index (χ0v) is 36.0. The average Bonchev–Trinajstić information content (AvgIpc) is 3.91. The minimum absolute atomic E-state index is 0. The van der Waals surface area contributed by atoms with E-state index in [-0.39, 0.29) is 14.9 Å². The summed E-state index contributed by atoms with van der Waals surface area (Å²) in [6.45, 7) is 1.46. The van der Waals surface area contributed by atoms with Gasteiger partial charge in [-0.05, 0) is 87.9 Å². The summed E-state index contributed by atoms with van der Waals surface area (Å²) >= 11 is 22.1. The molecule has 300 valence electrons. The van der Waals surface area contributed by atoms with Crippen molar-refractivity contribution >= 4 is 83.6 Å². The lowest BCUT2D eigenvalue weighted by atomic mass is 9.80. The smallest absolute Gasteiger partial charge is 0.488 e. The van der Waals surface area contributed by atoms with E-state index < -0.39 is 7.12 Å². The van der Waals surface area contributed by atoms with Crippen molar-refractivity contribution in [2.24, 2.45) is 0 Å². The Bertz CT molecular complexity index is 2200. The van der Waals surface area contributed by atoms with Gasteiger partial charge in [-0.1, -0.05) is 140 Å². The molecule has 57 heavy (non-hydrogen) atoms. The number of nitrogens with zero attached hydrogens (tertiary/aromatic N) is 6. The number of hydrogen-bond acceptors (Lipinski definition) is 8. The number of aromatic nitrogens is 6. The van der Waals surface area contributed by atoms with Gasteiger partial charge in [-0.3, -0.25) is 0 Å². The molecule has 0 aliphatic heterocycles. The Hall–Kier alpha value is -4.02. The molecule has 2 N–H and O–H groups in total. The van der Waals surface area contributed by atoms with Crippen LogP contribution >= 0.6 is 71.0 Å². The Morgan fingerprint density at radius 1 is 0.614 bits per heavy atom. The molecule has 0 spiro atoms. The van der Waals surface area contributed by atoms with Gasteiger partial charge in [0.2, 0.25) is 0 Å². The monoisotopic (exact) mass is 1000 g/mol. The van der Waals surface area contributed by atoms with E-state index in [1.54, 1.807) is 35.2 Å². The van der Waals surface area contributed by atoms with E-state index in [9.17, 15) is 0 Å². The summed E-state index contributed by atoms with van der Waals surface area (Å²) < 4.78 is 15.9. The van der Waals surface area contributed by atoms with Crippen molar-refractivity contribution in [3.63, 3.8) is 0 Å². The lowest BCUT2D eigenvalue weighted by Gasteiger charge is -2.08. The van der Waals surface area contributed by atoms with Gasteiger partial charge in [0.25, 0.3) is 0 Å². The van der Waals surface area contributed by atoms with Crippen LogP contribution in [-0.2, 0) is 18.4 Å². The van der Waals surface area contributed by atoms with Crippen LogP contribution in [0.2, 0.25) is 10.0 Å². The van der Waals surface area contributed by atoms with Gasteiger partial charge in [-0.2, -0.15) is 10.2 Å². The van der Waals surface area contributed by atoms with E-state index in [0.29, 0.717) is 33.6 Å². The highest BCUT2D eigenvalue weighted by molar-refractivity contribution is 9.10. The van der Waals surface area contributed by atoms with Crippen LogP contribution in [0.15, 0.2) is 143 Å². The fourth-order valence-corrected chi connectivity index (χ4v) is 6.56. The van der Waals surface area contributed by atoms with Crippen molar-refractivity contribution in [2.75, 3.05) is 14.2 Å². The first-order valence-corrected chi connectivity index (χ1v) is 19.9. The van der Waals surface area contributed by atoms with E-state index in [1.165, 1.54) is 43.0 Å². The van der Waals surface area contributed by atoms with E-state index in [0.717, 1.165) is 37.5 Å². The normalized spacial score (nSPS) is 9.77. The fraction of sp³-hybridized carbons (Fsp3) is 0.171. The van der Waals surface area contributed by atoms with Crippen molar-refractivity contribution in [3.8, 4) is 22.6 Å². The summed E-state index contributed by atoms with van der Waals surface area (Å²) in [5, 5.41) is 27.6. The molecule has 2 heterocycles. The number of halogens is 5. The molecule has 2 aromatic heterocycles. The summed E-state index contributed by atoms with van der Waals surface area (Å²) in [5.74, 6) is 1.19. The largest absolute Gasteiger partial charge is 0.495 e. The lowest BCUT2D eigenvalue weighted by molar-refractivity contribution is 0.414. The molecule has 0 saturated heterocycles. The summed E-state index contributed by atoms with van der Waals surface area (Å²) in [6.07, 6.45) is 6.49. The number of ether oxygens (including phenoxy) is 2. The molecule has 0 radical (unpaired) electrons. The molecule has 7 rings (SSSR count). The quantitative estimate of drug-likeness (QED) is 0.108. The van der Waals surface area contributed by atoms with Crippen LogP contribution in [0.5, 0.6) is 11.5 Å². The molecule has 16 heteroatoms. The molecule has 0 bridgehead atoms. The summed E-state index contributed by atoms with van der Waals surface area (Å²) in [6, 6.07) is 35.0. The number of hydrogen-bond donors (Lipinski definition) is 2. The van der Waals surface area contributed by atoms with Gasteiger partial charge in [-0.15, -0.1) is 0 Å². The molecule has 5 aromatic carbocycles. The van der Waals surface area contributed by atoms with Crippen LogP contribution in [0.3, 0.4) is 0 Å².